The van der Waals surface area contributed by atoms with Crippen molar-refractivity contribution in [2.75, 3.05) is 0 Å². The molecule has 0 bridgehead atoms. The molecular weight excluding hydrogens is 356 g/mol. The molecule has 0 N–H and O–H groups in total. The number of para-hydroxylation sites is 1. The minimum absolute atomic E-state index is 0.0986. The Labute approximate surface area is 151 Å². The van der Waals surface area contributed by atoms with Crippen LogP contribution in [0.2, 0.25) is 5.02 Å². The highest BCUT2D eigenvalue weighted by atomic mass is 35.5. The highest BCUT2D eigenvalue weighted by Crippen LogP contribution is 2.28. The largest absolute Gasteiger partial charge is 0.454 e. The molecule has 128 valence electrons. The summed E-state index contributed by atoms with van der Waals surface area (Å²) in [5.74, 6) is 0.480. The van der Waals surface area contributed by atoms with E-state index >= 15 is 0 Å². The van der Waals surface area contributed by atoms with Crippen LogP contribution >= 0.6 is 11.6 Å². The van der Waals surface area contributed by atoms with Crippen molar-refractivity contribution in [1.82, 2.24) is 9.78 Å². The Morgan fingerprint density at radius 3 is 2.58 bits per heavy atom. The van der Waals surface area contributed by atoms with Gasteiger partial charge in [0.15, 0.2) is 10.8 Å². The molecule has 0 unspecified atom stereocenters. The second-order valence-electron chi connectivity index (χ2n) is 5.43. The van der Waals surface area contributed by atoms with Gasteiger partial charge in [0.05, 0.1) is 11.9 Å². The minimum atomic E-state index is -0.498. The number of nitrogens with zero attached hydrogens (tertiary/aromatic N) is 2. The summed E-state index contributed by atoms with van der Waals surface area (Å²) >= 11 is 6.17. The normalized spacial score (nSPS) is 10.8. The van der Waals surface area contributed by atoms with E-state index in [1.54, 1.807) is 48.5 Å². The molecule has 0 radical (unpaired) electrons. The average molecular weight is 367 g/mol. The van der Waals surface area contributed by atoms with Gasteiger partial charge >= 0.3 is 5.63 Å². The van der Waals surface area contributed by atoms with Crippen molar-refractivity contribution >= 4 is 22.6 Å². The van der Waals surface area contributed by atoms with Crippen LogP contribution in [0.1, 0.15) is 0 Å². The number of hydrogen-bond donors (Lipinski definition) is 0. The van der Waals surface area contributed by atoms with Gasteiger partial charge in [-0.25, -0.2) is 4.79 Å². The van der Waals surface area contributed by atoms with E-state index in [1.165, 1.54) is 16.9 Å². The number of benzene rings is 2. The molecule has 0 fully saturated rings. The third-order valence-corrected chi connectivity index (χ3v) is 4.06. The third-order valence-electron chi connectivity index (χ3n) is 3.71. The van der Waals surface area contributed by atoms with E-state index in [4.69, 9.17) is 20.8 Å². The third kappa shape index (κ3) is 2.98. The van der Waals surface area contributed by atoms with Crippen LogP contribution in [0, 0.1) is 0 Å². The predicted molar refractivity (Wildman–Crippen MR) is 97.4 cm³/mol. The zero-order valence-electron chi connectivity index (χ0n) is 13.3. The van der Waals surface area contributed by atoms with E-state index in [2.05, 4.69) is 5.10 Å². The first kappa shape index (κ1) is 16.1. The quantitative estimate of drug-likeness (QED) is 0.516. The van der Waals surface area contributed by atoms with E-state index in [0.717, 1.165) is 5.39 Å². The highest BCUT2D eigenvalue weighted by molar-refractivity contribution is 6.31. The number of halogens is 1. The zero-order valence-corrected chi connectivity index (χ0v) is 14.0. The second-order valence-corrected chi connectivity index (χ2v) is 5.81. The molecule has 0 aliphatic rings. The standard InChI is InChI=1S/C19H11ClN2O4/c20-18-16(11-21-22(19(18)24)13-4-2-1-3-5-13)25-14-8-6-12-7-9-17(23)26-15(12)10-14/h1-11H. The Morgan fingerprint density at radius 1 is 1.00 bits per heavy atom. The lowest BCUT2D eigenvalue weighted by Crippen LogP contribution is -2.21. The van der Waals surface area contributed by atoms with Crippen LogP contribution in [0.4, 0.5) is 0 Å². The summed E-state index contributed by atoms with van der Waals surface area (Å²) < 4.78 is 12.0. The van der Waals surface area contributed by atoms with E-state index in [1.807, 2.05) is 6.07 Å². The van der Waals surface area contributed by atoms with Crippen molar-refractivity contribution < 1.29 is 9.15 Å². The maximum absolute atomic E-state index is 12.5. The Morgan fingerprint density at radius 2 is 1.77 bits per heavy atom. The van der Waals surface area contributed by atoms with Gasteiger partial charge in [-0.15, -0.1) is 0 Å². The maximum Gasteiger partial charge on any atom is 0.336 e. The molecular formula is C19H11ClN2O4. The molecule has 7 heteroatoms. The first-order valence-corrected chi connectivity index (χ1v) is 8.05. The van der Waals surface area contributed by atoms with E-state index in [0.29, 0.717) is 17.0 Å². The van der Waals surface area contributed by atoms with Crippen LogP contribution in [0.3, 0.4) is 0 Å². The van der Waals surface area contributed by atoms with Gasteiger partial charge in [0.2, 0.25) is 0 Å². The molecule has 2 heterocycles. The fourth-order valence-electron chi connectivity index (χ4n) is 2.47. The van der Waals surface area contributed by atoms with Crippen molar-refractivity contribution in [3.63, 3.8) is 0 Å². The molecule has 4 rings (SSSR count). The lowest BCUT2D eigenvalue weighted by molar-refractivity contribution is 0.473. The highest BCUT2D eigenvalue weighted by Gasteiger charge is 2.13. The van der Waals surface area contributed by atoms with Gasteiger partial charge < -0.3 is 9.15 Å². The molecule has 0 aliphatic carbocycles. The Hall–Kier alpha value is -3.38. The lowest BCUT2D eigenvalue weighted by Gasteiger charge is -2.10. The van der Waals surface area contributed by atoms with Crippen LogP contribution in [0.15, 0.2) is 80.9 Å². The van der Waals surface area contributed by atoms with E-state index < -0.39 is 11.2 Å². The maximum atomic E-state index is 12.5. The number of aromatic nitrogens is 2. The number of fused-ring (bicyclic) bond motifs is 1. The molecule has 4 aromatic rings. The van der Waals surface area contributed by atoms with Gasteiger partial charge in [0, 0.05) is 17.5 Å². The molecule has 0 saturated heterocycles. The van der Waals surface area contributed by atoms with Crippen molar-refractivity contribution in [3.8, 4) is 17.2 Å². The molecule has 26 heavy (non-hydrogen) atoms. The predicted octanol–water partition coefficient (Wildman–Crippen LogP) is 3.78. The van der Waals surface area contributed by atoms with Crippen molar-refractivity contribution in [3.05, 3.63) is 92.7 Å². The summed E-state index contributed by atoms with van der Waals surface area (Å²) in [6.45, 7) is 0. The van der Waals surface area contributed by atoms with Gasteiger partial charge in [0.1, 0.15) is 11.3 Å². The zero-order chi connectivity index (χ0) is 18.1. The second kappa shape index (κ2) is 6.50. The van der Waals surface area contributed by atoms with E-state index in [9.17, 15) is 9.59 Å². The summed E-state index contributed by atoms with van der Waals surface area (Å²) in [5, 5.41) is 4.76. The van der Waals surface area contributed by atoms with Crippen molar-refractivity contribution in [2.45, 2.75) is 0 Å². The summed E-state index contributed by atoms with van der Waals surface area (Å²) in [7, 11) is 0. The van der Waals surface area contributed by atoms with Gasteiger partial charge in [-0.1, -0.05) is 29.8 Å². The summed E-state index contributed by atoms with van der Waals surface area (Å²) in [6.07, 6.45) is 1.36. The molecule has 0 saturated carbocycles. The monoisotopic (exact) mass is 366 g/mol. The molecule has 0 amide bonds. The number of hydrogen-bond acceptors (Lipinski definition) is 5. The van der Waals surface area contributed by atoms with E-state index in [-0.39, 0.29) is 10.8 Å². The number of ether oxygens (including phenoxy) is 1. The number of rotatable bonds is 3. The van der Waals surface area contributed by atoms with Crippen molar-refractivity contribution in [1.29, 1.82) is 0 Å². The van der Waals surface area contributed by atoms with Gasteiger partial charge in [-0.2, -0.15) is 9.78 Å². The molecule has 0 atom stereocenters. The molecule has 2 aromatic carbocycles. The van der Waals surface area contributed by atoms with Crippen LogP contribution in [-0.4, -0.2) is 9.78 Å². The minimum Gasteiger partial charge on any atom is -0.454 e. The summed E-state index contributed by atoms with van der Waals surface area (Å²) in [6, 6.07) is 16.9. The van der Waals surface area contributed by atoms with Crippen molar-refractivity contribution in [2.24, 2.45) is 0 Å². The topological polar surface area (TPSA) is 74.3 Å². The fourth-order valence-corrected chi connectivity index (χ4v) is 2.64. The fraction of sp³-hybridized carbons (Fsp3) is 0. The molecule has 0 spiro atoms. The van der Waals surface area contributed by atoms with Gasteiger partial charge in [0.25, 0.3) is 5.56 Å². The van der Waals surface area contributed by atoms with Crippen LogP contribution in [0.5, 0.6) is 11.5 Å². The van der Waals surface area contributed by atoms with Gasteiger partial charge in [-0.05, 0) is 30.3 Å². The molecule has 6 nitrogen and oxygen atoms in total. The molecule has 0 aliphatic heterocycles. The Bertz CT molecular complexity index is 1220. The Kier molecular flexibility index (Phi) is 4.02. The first-order chi connectivity index (χ1) is 12.6. The summed E-state index contributed by atoms with van der Waals surface area (Å²) in [5.41, 5.74) is 0.0117. The van der Waals surface area contributed by atoms with Crippen LogP contribution < -0.4 is 15.9 Å². The first-order valence-electron chi connectivity index (χ1n) is 7.67. The van der Waals surface area contributed by atoms with Crippen LogP contribution in [-0.2, 0) is 0 Å². The smallest absolute Gasteiger partial charge is 0.336 e. The SMILES string of the molecule is O=c1ccc2ccc(Oc3cnn(-c4ccccc4)c(=O)c3Cl)cc2o1. The average Bonchev–Trinajstić information content (AvgIpc) is 2.66. The summed E-state index contributed by atoms with van der Waals surface area (Å²) in [4.78, 5) is 23.8. The van der Waals surface area contributed by atoms with Crippen LogP contribution in [0.25, 0.3) is 16.7 Å². The van der Waals surface area contributed by atoms with Gasteiger partial charge in [-0.3, -0.25) is 4.79 Å². The Balaban J connectivity index is 1.72. The molecule has 2 aromatic heterocycles. The lowest BCUT2D eigenvalue weighted by atomic mass is 10.2.